The van der Waals surface area contributed by atoms with Crippen LogP contribution >= 0.6 is 0 Å². The van der Waals surface area contributed by atoms with Crippen molar-refractivity contribution in [2.45, 2.75) is 25.4 Å². The molecule has 2 aromatic carbocycles. The van der Waals surface area contributed by atoms with Gasteiger partial charge in [-0.15, -0.1) is 0 Å². The quantitative estimate of drug-likeness (QED) is 0.458. The molecule has 1 atom stereocenters. The number of hydrogen-bond acceptors (Lipinski definition) is 5. The summed E-state index contributed by atoms with van der Waals surface area (Å²) in [4.78, 5) is 44.8. The fourth-order valence-corrected chi connectivity index (χ4v) is 5.19. The summed E-state index contributed by atoms with van der Waals surface area (Å²) in [5.74, 6) is -1.40. The Morgan fingerprint density at radius 3 is 2.62 bits per heavy atom. The molecule has 34 heavy (non-hydrogen) atoms. The minimum Gasteiger partial charge on any atom is -0.467 e. The Kier molecular flexibility index (Phi) is 4.29. The van der Waals surface area contributed by atoms with Gasteiger partial charge in [0.15, 0.2) is 11.0 Å². The van der Waals surface area contributed by atoms with Gasteiger partial charge in [0.05, 0.1) is 29.4 Å². The average molecular weight is 458 g/mol. The van der Waals surface area contributed by atoms with Crippen LogP contribution in [0.1, 0.15) is 40.8 Å². The number of benzene rings is 2. The molecular weight excluding hydrogens is 439 g/mol. The van der Waals surface area contributed by atoms with Crippen molar-refractivity contribution in [2.24, 2.45) is 0 Å². The fraction of sp³-hybridized carbons (Fsp3) is 0.192. The van der Waals surface area contributed by atoms with Crippen LogP contribution in [0.15, 0.2) is 74.5 Å². The summed E-state index contributed by atoms with van der Waals surface area (Å²) in [5.41, 5.74) is -1.22. The third-order valence-corrected chi connectivity index (χ3v) is 6.54. The second-order valence-corrected chi connectivity index (χ2v) is 8.43. The normalized spacial score (nSPS) is 18.9. The molecule has 170 valence electrons. The van der Waals surface area contributed by atoms with Gasteiger partial charge >= 0.3 is 0 Å². The molecule has 8 heteroatoms. The molecule has 1 spiro atoms. The maximum absolute atomic E-state index is 14.2. The highest BCUT2D eigenvalue weighted by Crippen LogP contribution is 2.53. The summed E-state index contributed by atoms with van der Waals surface area (Å²) in [5, 5.41) is -0.0232. The van der Waals surface area contributed by atoms with Crippen molar-refractivity contribution in [1.29, 1.82) is 0 Å². The van der Waals surface area contributed by atoms with Gasteiger partial charge in [-0.3, -0.25) is 14.4 Å². The van der Waals surface area contributed by atoms with E-state index in [0.29, 0.717) is 30.0 Å². The summed E-state index contributed by atoms with van der Waals surface area (Å²) in [6.45, 7) is 2.30. The molecule has 4 heterocycles. The molecule has 2 aliphatic heterocycles. The van der Waals surface area contributed by atoms with Crippen molar-refractivity contribution in [2.75, 3.05) is 11.4 Å². The molecule has 0 radical (unpaired) electrons. The second-order valence-electron chi connectivity index (χ2n) is 8.43. The van der Waals surface area contributed by atoms with E-state index in [0.717, 1.165) is 12.1 Å². The van der Waals surface area contributed by atoms with Crippen LogP contribution in [0.3, 0.4) is 0 Å². The van der Waals surface area contributed by atoms with Gasteiger partial charge in [0, 0.05) is 12.1 Å². The molecule has 1 unspecified atom stereocenters. The minimum absolute atomic E-state index is 0.0232. The third kappa shape index (κ3) is 2.48. The van der Waals surface area contributed by atoms with E-state index in [1.54, 1.807) is 41.3 Å². The van der Waals surface area contributed by atoms with E-state index in [-0.39, 0.29) is 28.8 Å². The van der Waals surface area contributed by atoms with Crippen LogP contribution in [0.4, 0.5) is 10.1 Å². The van der Waals surface area contributed by atoms with Crippen LogP contribution < -0.4 is 10.3 Å². The molecule has 6 rings (SSSR count). The van der Waals surface area contributed by atoms with Gasteiger partial charge in [0.2, 0.25) is 5.76 Å². The zero-order chi connectivity index (χ0) is 23.6. The fourth-order valence-electron chi connectivity index (χ4n) is 5.19. The number of nitrogens with zero attached hydrogens (tertiary/aromatic N) is 2. The summed E-state index contributed by atoms with van der Waals surface area (Å²) < 4.78 is 25.5. The van der Waals surface area contributed by atoms with Crippen LogP contribution in [0.5, 0.6) is 0 Å². The standard InChI is InChI=1S/C26H19FN2O5/c1-2-11-28-19-8-4-3-7-18(19)26(25(28)32)21-22(30)17-13-15(27)9-10-20(17)34-23(21)24(31)29(26)14-16-6-5-12-33-16/h3-10,12-13H,2,11,14H2,1H3. The van der Waals surface area contributed by atoms with Crippen LogP contribution in [0.2, 0.25) is 0 Å². The molecule has 0 N–H and O–H groups in total. The lowest BCUT2D eigenvalue weighted by Crippen LogP contribution is -2.53. The van der Waals surface area contributed by atoms with Gasteiger partial charge < -0.3 is 18.6 Å². The highest BCUT2D eigenvalue weighted by atomic mass is 19.1. The number of amides is 2. The Balaban J connectivity index is 1.72. The molecule has 2 aliphatic rings. The second kappa shape index (κ2) is 7.15. The smallest absolute Gasteiger partial charge is 0.291 e. The first-order chi connectivity index (χ1) is 16.5. The zero-order valence-electron chi connectivity index (χ0n) is 18.2. The Morgan fingerprint density at radius 2 is 1.85 bits per heavy atom. The van der Waals surface area contributed by atoms with E-state index in [9.17, 15) is 18.8 Å². The highest BCUT2D eigenvalue weighted by molar-refractivity contribution is 6.17. The lowest BCUT2D eigenvalue weighted by molar-refractivity contribution is -0.126. The van der Waals surface area contributed by atoms with Crippen LogP contribution in [-0.2, 0) is 16.9 Å². The molecule has 0 saturated carbocycles. The lowest BCUT2D eigenvalue weighted by atomic mass is 9.84. The Bertz CT molecular complexity index is 1540. The first-order valence-electron chi connectivity index (χ1n) is 11.0. The van der Waals surface area contributed by atoms with E-state index in [1.807, 2.05) is 6.92 Å². The maximum atomic E-state index is 14.2. The van der Waals surface area contributed by atoms with E-state index in [4.69, 9.17) is 8.83 Å². The van der Waals surface area contributed by atoms with Crippen LogP contribution in [0, 0.1) is 5.82 Å². The number of carbonyl (C=O) groups is 2. The maximum Gasteiger partial charge on any atom is 0.291 e. The van der Waals surface area contributed by atoms with Gasteiger partial charge in [0.25, 0.3) is 11.8 Å². The van der Waals surface area contributed by atoms with Crippen molar-refractivity contribution in [3.8, 4) is 0 Å². The molecule has 0 fully saturated rings. The van der Waals surface area contributed by atoms with E-state index in [1.165, 1.54) is 17.2 Å². The van der Waals surface area contributed by atoms with Gasteiger partial charge in [-0.2, -0.15) is 0 Å². The van der Waals surface area contributed by atoms with Crippen LogP contribution in [0.25, 0.3) is 11.0 Å². The number of carbonyl (C=O) groups excluding carboxylic acids is 2. The van der Waals surface area contributed by atoms with Crippen molar-refractivity contribution in [3.63, 3.8) is 0 Å². The van der Waals surface area contributed by atoms with Crippen molar-refractivity contribution < 1.29 is 22.8 Å². The summed E-state index contributed by atoms with van der Waals surface area (Å²) >= 11 is 0. The summed E-state index contributed by atoms with van der Waals surface area (Å²) in [6.07, 6.45) is 2.15. The number of hydrogen-bond donors (Lipinski definition) is 0. The van der Waals surface area contributed by atoms with Crippen molar-refractivity contribution in [3.05, 3.63) is 99.5 Å². The van der Waals surface area contributed by atoms with Crippen molar-refractivity contribution >= 4 is 28.5 Å². The lowest BCUT2D eigenvalue weighted by Gasteiger charge is -2.33. The first-order valence-corrected chi connectivity index (χ1v) is 11.0. The van der Waals surface area contributed by atoms with Crippen molar-refractivity contribution in [1.82, 2.24) is 4.90 Å². The highest BCUT2D eigenvalue weighted by Gasteiger charge is 2.65. The van der Waals surface area contributed by atoms with Gasteiger partial charge in [-0.25, -0.2) is 4.39 Å². The Morgan fingerprint density at radius 1 is 1.03 bits per heavy atom. The van der Waals surface area contributed by atoms with Gasteiger partial charge in [-0.05, 0) is 42.8 Å². The first kappa shape index (κ1) is 20.4. The predicted octanol–water partition coefficient (Wildman–Crippen LogP) is 4.18. The average Bonchev–Trinajstić information content (AvgIpc) is 3.50. The van der Waals surface area contributed by atoms with Gasteiger partial charge in [-0.1, -0.05) is 25.1 Å². The Labute approximate surface area is 193 Å². The van der Waals surface area contributed by atoms with E-state index >= 15 is 0 Å². The predicted molar refractivity (Wildman–Crippen MR) is 121 cm³/mol. The van der Waals surface area contributed by atoms with E-state index < -0.39 is 28.6 Å². The van der Waals surface area contributed by atoms with E-state index in [2.05, 4.69) is 0 Å². The largest absolute Gasteiger partial charge is 0.467 e. The number of para-hydroxylation sites is 1. The number of furan rings is 1. The molecule has 0 aliphatic carbocycles. The molecular formula is C26H19FN2O5. The summed E-state index contributed by atoms with van der Waals surface area (Å²) in [7, 11) is 0. The monoisotopic (exact) mass is 458 g/mol. The number of anilines is 1. The number of fused-ring (bicyclic) bond motifs is 5. The SMILES string of the molecule is CCCN1C(=O)C2(c3ccccc31)c1c(oc3ccc(F)cc3c1=O)C(=O)N2Cc1ccco1. The topological polar surface area (TPSA) is 84.0 Å². The molecule has 2 aromatic heterocycles. The number of halogens is 1. The molecule has 0 bridgehead atoms. The molecule has 4 aromatic rings. The number of rotatable bonds is 4. The molecule has 7 nitrogen and oxygen atoms in total. The molecule has 0 saturated heterocycles. The third-order valence-electron chi connectivity index (χ3n) is 6.54. The molecule has 2 amide bonds. The Hall–Kier alpha value is -4.20. The van der Waals surface area contributed by atoms with Crippen LogP contribution in [-0.4, -0.2) is 23.3 Å². The zero-order valence-corrected chi connectivity index (χ0v) is 18.2. The summed E-state index contributed by atoms with van der Waals surface area (Å²) in [6, 6.07) is 14.0. The minimum atomic E-state index is -1.74. The van der Waals surface area contributed by atoms with Gasteiger partial charge in [0.1, 0.15) is 17.2 Å².